The Bertz CT molecular complexity index is 830. The number of aromatic nitrogens is 2. The fraction of sp³-hybridized carbons (Fsp3) is 0.118. The van der Waals surface area contributed by atoms with Gasteiger partial charge in [0.25, 0.3) is 5.91 Å². The van der Waals surface area contributed by atoms with Crippen LogP contribution in [0.4, 0.5) is 16.5 Å². The van der Waals surface area contributed by atoms with Crippen molar-refractivity contribution >= 4 is 33.8 Å². The van der Waals surface area contributed by atoms with Crippen molar-refractivity contribution in [2.24, 2.45) is 0 Å². The maximum absolute atomic E-state index is 12.3. The van der Waals surface area contributed by atoms with Crippen LogP contribution in [0, 0.1) is 13.8 Å². The van der Waals surface area contributed by atoms with E-state index < -0.39 is 0 Å². The quantitative estimate of drug-likeness (QED) is 0.756. The predicted molar refractivity (Wildman–Crippen MR) is 93.5 cm³/mol. The topological polar surface area (TPSA) is 66.9 Å². The van der Waals surface area contributed by atoms with Gasteiger partial charge in [0, 0.05) is 17.3 Å². The molecule has 0 aliphatic carbocycles. The lowest BCUT2D eigenvalue weighted by atomic mass is 10.1. The molecule has 0 aliphatic heterocycles. The Hall–Kier alpha value is -2.73. The molecule has 6 heteroatoms. The highest BCUT2D eigenvalue weighted by Gasteiger charge is 2.12. The number of hydrogen-bond acceptors (Lipinski definition) is 5. The van der Waals surface area contributed by atoms with Crippen LogP contribution < -0.4 is 10.6 Å². The van der Waals surface area contributed by atoms with Gasteiger partial charge in [0.05, 0.1) is 11.9 Å². The zero-order valence-electron chi connectivity index (χ0n) is 12.8. The molecular weight excluding hydrogens is 308 g/mol. The predicted octanol–water partition coefficient (Wildman–Crippen LogP) is 4.15. The molecule has 0 saturated heterocycles. The monoisotopic (exact) mass is 324 g/mol. The molecule has 0 aliphatic rings. The number of aryl methyl sites for hydroxylation is 2. The van der Waals surface area contributed by atoms with E-state index in [-0.39, 0.29) is 5.91 Å². The van der Waals surface area contributed by atoms with Gasteiger partial charge in [0.1, 0.15) is 5.69 Å². The molecule has 2 aromatic heterocycles. The first-order valence-corrected chi connectivity index (χ1v) is 8.01. The second-order valence-electron chi connectivity index (χ2n) is 5.18. The zero-order valence-corrected chi connectivity index (χ0v) is 13.6. The van der Waals surface area contributed by atoms with E-state index >= 15 is 0 Å². The summed E-state index contributed by atoms with van der Waals surface area (Å²) in [6.45, 7) is 3.99. The molecule has 2 N–H and O–H groups in total. The normalized spacial score (nSPS) is 10.3. The number of carbonyl (C=O) groups excluding carboxylic acids is 1. The van der Waals surface area contributed by atoms with Gasteiger partial charge < -0.3 is 10.6 Å². The molecule has 0 atom stereocenters. The molecule has 116 valence electrons. The number of benzene rings is 1. The molecule has 23 heavy (non-hydrogen) atoms. The first kappa shape index (κ1) is 15.2. The molecule has 1 amide bonds. The minimum absolute atomic E-state index is 0.215. The average molecular weight is 324 g/mol. The van der Waals surface area contributed by atoms with E-state index in [0.29, 0.717) is 10.8 Å². The number of hydrogen-bond donors (Lipinski definition) is 2. The molecule has 0 radical (unpaired) electrons. The van der Waals surface area contributed by atoms with E-state index in [2.05, 4.69) is 20.6 Å². The lowest BCUT2D eigenvalue weighted by Crippen LogP contribution is -2.13. The minimum Gasteiger partial charge on any atom is -0.330 e. The van der Waals surface area contributed by atoms with Crippen molar-refractivity contribution in [2.45, 2.75) is 13.8 Å². The van der Waals surface area contributed by atoms with Crippen LogP contribution in [0.1, 0.15) is 21.6 Å². The molecule has 0 unspecified atom stereocenters. The van der Waals surface area contributed by atoms with Crippen molar-refractivity contribution in [2.75, 3.05) is 10.6 Å². The standard InChI is InChI=1S/C17H16N4OS/c1-11-5-6-14(12(2)8-11)20-16(22)15-10-23-17(21-15)19-13-4-3-7-18-9-13/h3-10H,1-2H3,(H,19,21)(H,20,22). The summed E-state index contributed by atoms with van der Waals surface area (Å²) in [7, 11) is 0. The molecule has 1 aromatic carbocycles. The highest BCUT2D eigenvalue weighted by molar-refractivity contribution is 7.14. The largest absolute Gasteiger partial charge is 0.330 e. The van der Waals surface area contributed by atoms with Crippen molar-refractivity contribution in [3.63, 3.8) is 0 Å². The molecule has 0 fully saturated rings. The number of amides is 1. The first-order chi connectivity index (χ1) is 11.1. The van der Waals surface area contributed by atoms with Gasteiger partial charge in [0.2, 0.25) is 0 Å². The Labute approximate surface area is 138 Å². The van der Waals surface area contributed by atoms with Crippen LogP contribution in [0.2, 0.25) is 0 Å². The summed E-state index contributed by atoms with van der Waals surface area (Å²) < 4.78 is 0. The number of thiazole rings is 1. The third kappa shape index (κ3) is 3.73. The number of pyridine rings is 1. The Kier molecular flexibility index (Phi) is 4.34. The molecule has 0 saturated carbocycles. The van der Waals surface area contributed by atoms with E-state index in [0.717, 1.165) is 22.5 Å². The van der Waals surface area contributed by atoms with Gasteiger partial charge in [-0.3, -0.25) is 9.78 Å². The first-order valence-electron chi connectivity index (χ1n) is 7.13. The van der Waals surface area contributed by atoms with Crippen LogP contribution in [-0.2, 0) is 0 Å². The summed E-state index contributed by atoms with van der Waals surface area (Å²) in [6.07, 6.45) is 3.41. The molecular formula is C17H16N4OS. The Morgan fingerprint density at radius 2 is 2.09 bits per heavy atom. The summed E-state index contributed by atoms with van der Waals surface area (Å²) in [5.41, 5.74) is 4.22. The van der Waals surface area contributed by atoms with Gasteiger partial charge in [-0.15, -0.1) is 11.3 Å². The van der Waals surface area contributed by atoms with Crippen LogP contribution in [0.5, 0.6) is 0 Å². The number of rotatable bonds is 4. The third-order valence-corrected chi connectivity index (χ3v) is 4.04. The van der Waals surface area contributed by atoms with Gasteiger partial charge in [-0.2, -0.15) is 0 Å². The minimum atomic E-state index is -0.215. The SMILES string of the molecule is Cc1ccc(NC(=O)c2csc(Nc3cccnc3)n2)c(C)c1. The molecule has 2 heterocycles. The molecule has 3 aromatic rings. The smallest absolute Gasteiger partial charge is 0.275 e. The zero-order chi connectivity index (χ0) is 16.2. The van der Waals surface area contributed by atoms with Gasteiger partial charge in [-0.1, -0.05) is 17.7 Å². The second kappa shape index (κ2) is 6.58. The summed E-state index contributed by atoms with van der Waals surface area (Å²) in [4.78, 5) is 20.7. The average Bonchev–Trinajstić information content (AvgIpc) is 3.00. The van der Waals surface area contributed by atoms with Crippen LogP contribution in [0.3, 0.4) is 0 Å². The fourth-order valence-corrected chi connectivity index (χ4v) is 2.85. The number of nitrogens with zero attached hydrogens (tertiary/aromatic N) is 2. The van der Waals surface area contributed by atoms with E-state index in [9.17, 15) is 4.79 Å². The van der Waals surface area contributed by atoms with Crippen LogP contribution in [-0.4, -0.2) is 15.9 Å². The maximum atomic E-state index is 12.3. The van der Waals surface area contributed by atoms with E-state index in [4.69, 9.17) is 0 Å². The summed E-state index contributed by atoms with van der Waals surface area (Å²) in [5, 5.41) is 8.41. The van der Waals surface area contributed by atoms with E-state index in [1.165, 1.54) is 11.3 Å². The van der Waals surface area contributed by atoms with Crippen molar-refractivity contribution in [3.05, 3.63) is 64.9 Å². The molecule has 0 spiro atoms. The Morgan fingerprint density at radius 1 is 1.22 bits per heavy atom. The maximum Gasteiger partial charge on any atom is 0.275 e. The van der Waals surface area contributed by atoms with Gasteiger partial charge in [0.15, 0.2) is 5.13 Å². The number of anilines is 3. The van der Waals surface area contributed by atoms with Crippen molar-refractivity contribution < 1.29 is 4.79 Å². The van der Waals surface area contributed by atoms with Crippen LogP contribution in [0.25, 0.3) is 0 Å². The van der Waals surface area contributed by atoms with Gasteiger partial charge >= 0.3 is 0 Å². The molecule has 0 bridgehead atoms. The van der Waals surface area contributed by atoms with Crippen LogP contribution in [0.15, 0.2) is 48.1 Å². The Balaban J connectivity index is 1.71. The van der Waals surface area contributed by atoms with E-state index in [1.54, 1.807) is 17.8 Å². The van der Waals surface area contributed by atoms with Crippen LogP contribution >= 0.6 is 11.3 Å². The molecule has 5 nitrogen and oxygen atoms in total. The van der Waals surface area contributed by atoms with Gasteiger partial charge in [-0.25, -0.2) is 4.98 Å². The van der Waals surface area contributed by atoms with Crippen molar-refractivity contribution in [1.29, 1.82) is 0 Å². The number of nitrogens with one attached hydrogen (secondary N) is 2. The lowest BCUT2D eigenvalue weighted by molar-refractivity contribution is 0.102. The Morgan fingerprint density at radius 3 is 2.83 bits per heavy atom. The van der Waals surface area contributed by atoms with E-state index in [1.807, 2.05) is 44.2 Å². The third-order valence-electron chi connectivity index (χ3n) is 3.28. The lowest BCUT2D eigenvalue weighted by Gasteiger charge is -2.07. The van der Waals surface area contributed by atoms with Crippen molar-refractivity contribution in [3.8, 4) is 0 Å². The number of carbonyl (C=O) groups is 1. The second-order valence-corrected chi connectivity index (χ2v) is 6.04. The summed E-state index contributed by atoms with van der Waals surface area (Å²) in [6, 6.07) is 9.64. The van der Waals surface area contributed by atoms with Crippen molar-refractivity contribution in [1.82, 2.24) is 9.97 Å². The highest BCUT2D eigenvalue weighted by atomic mass is 32.1. The highest BCUT2D eigenvalue weighted by Crippen LogP contribution is 2.22. The summed E-state index contributed by atoms with van der Waals surface area (Å²) >= 11 is 1.38. The fourth-order valence-electron chi connectivity index (χ4n) is 2.14. The van der Waals surface area contributed by atoms with Gasteiger partial charge in [-0.05, 0) is 37.6 Å². The molecule has 3 rings (SSSR count). The summed E-state index contributed by atoms with van der Waals surface area (Å²) in [5.74, 6) is -0.215.